The minimum atomic E-state index is -0.644. The number of anilines is 1. The molecule has 0 spiro atoms. The van der Waals surface area contributed by atoms with Gasteiger partial charge in [-0.1, -0.05) is 12.1 Å². The normalized spacial score (nSPS) is 11.5. The van der Waals surface area contributed by atoms with Gasteiger partial charge in [0.2, 0.25) is 0 Å². The maximum Gasteiger partial charge on any atom is 0.414 e. The number of ketones is 1. The van der Waals surface area contributed by atoms with Crippen LogP contribution >= 0.6 is 0 Å². The third-order valence-electron chi connectivity index (χ3n) is 5.15. The minimum Gasteiger partial charge on any atom is -0.443 e. The number of Topliss-reactive ketones (excluding diaryl/α,β-unsaturated/α-hetero) is 1. The fraction of sp³-hybridized carbons (Fsp3) is 0.269. The van der Waals surface area contributed by atoms with E-state index in [0.29, 0.717) is 28.4 Å². The molecule has 4 aromatic rings. The van der Waals surface area contributed by atoms with Crippen LogP contribution in [0.4, 0.5) is 10.5 Å². The third-order valence-corrected chi connectivity index (χ3v) is 5.15. The summed E-state index contributed by atoms with van der Waals surface area (Å²) in [5.74, 6) is 0.546. The Hall–Kier alpha value is -4.07. The molecule has 0 N–H and O–H groups in total. The summed E-state index contributed by atoms with van der Waals surface area (Å²) in [5.41, 5.74) is 3.19. The zero-order valence-corrected chi connectivity index (χ0v) is 20.2. The molecule has 0 atom stereocenters. The number of pyridine rings is 2. The number of ether oxygens (including phenoxy) is 1. The van der Waals surface area contributed by atoms with Crippen molar-refractivity contribution in [3.05, 3.63) is 66.1 Å². The summed E-state index contributed by atoms with van der Waals surface area (Å²) in [5, 5.41) is 5.48. The first-order valence-corrected chi connectivity index (χ1v) is 10.9. The van der Waals surface area contributed by atoms with E-state index in [1.165, 1.54) is 11.8 Å². The smallest absolute Gasteiger partial charge is 0.414 e. The second-order valence-electron chi connectivity index (χ2n) is 9.14. The van der Waals surface area contributed by atoms with Gasteiger partial charge in [0, 0.05) is 36.8 Å². The summed E-state index contributed by atoms with van der Waals surface area (Å²) in [6, 6.07) is 14.7. The van der Waals surface area contributed by atoms with Crippen molar-refractivity contribution in [2.24, 2.45) is 0 Å². The molecule has 0 radical (unpaired) electrons. The number of amides is 1. The average Bonchev–Trinajstić information content (AvgIpc) is 3.21. The summed E-state index contributed by atoms with van der Waals surface area (Å²) in [6.45, 7) is 8.86. The number of hydrogen-bond donors (Lipinski definition) is 0. The highest BCUT2D eigenvalue weighted by Gasteiger charge is 2.24. The van der Waals surface area contributed by atoms with Crippen LogP contribution in [-0.4, -0.2) is 44.3 Å². The molecule has 0 aliphatic heterocycles. The van der Waals surface area contributed by atoms with Gasteiger partial charge >= 0.3 is 6.09 Å². The molecule has 0 unspecified atom stereocenters. The molecule has 1 aromatic carbocycles. The van der Waals surface area contributed by atoms with E-state index in [0.717, 1.165) is 16.6 Å². The quantitative estimate of drug-likeness (QED) is 0.383. The molecule has 3 aromatic heterocycles. The van der Waals surface area contributed by atoms with Crippen molar-refractivity contribution >= 4 is 28.5 Å². The molecule has 1 amide bonds. The van der Waals surface area contributed by atoms with Crippen molar-refractivity contribution in [3.63, 3.8) is 0 Å². The van der Waals surface area contributed by atoms with Gasteiger partial charge in [-0.05, 0) is 64.1 Å². The van der Waals surface area contributed by atoms with Crippen LogP contribution in [0.1, 0.15) is 43.9 Å². The fourth-order valence-electron chi connectivity index (χ4n) is 3.52. The Morgan fingerprint density at radius 3 is 2.44 bits per heavy atom. The molecule has 0 aliphatic rings. The van der Waals surface area contributed by atoms with E-state index in [2.05, 4.69) is 9.97 Å². The first-order chi connectivity index (χ1) is 16.0. The molecule has 0 fully saturated rings. The summed E-state index contributed by atoms with van der Waals surface area (Å²) in [6.07, 6.45) is 1.36. The average molecular weight is 458 g/mol. The van der Waals surface area contributed by atoms with Crippen molar-refractivity contribution in [1.29, 1.82) is 0 Å². The van der Waals surface area contributed by atoms with Crippen LogP contribution in [0.25, 0.3) is 28.0 Å². The van der Waals surface area contributed by atoms with E-state index in [1.54, 1.807) is 23.9 Å². The molecule has 0 aliphatic carbocycles. The van der Waals surface area contributed by atoms with Gasteiger partial charge in [-0.15, -0.1) is 0 Å². The Morgan fingerprint density at radius 2 is 1.76 bits per heavy atom. The standard InChI is InChI=1S/C26H27N5O3/c1-16-9-7-12-24(27-16)31-15-19-22(29-31)13-18(21-11-8-10-20(28-21)17(2)32)14-23(19)30(6)25(33)34-26(3,4)5/h7-15H,1-6H3. The van der Waals surface area contributed by atoms with Gasteiger partial charge < -0.3 is 4.74 Å². The monoisotopic (exact) mass is 457 g/mol. The van der Waals surface area contributed by atoms with Crippen molar-refractivity contribution in [2.45, 2.75) is 40.2 Å². The first kappa shape index (κ1) is 23.1. The predicted molar refractivity (Wildman–Crippen MR) is 131 cm³/mol. The Kier molecular flexibility index (Phi) is 5.91. The Labute approximate surface area is 198 Å². The van der Waals surface area contributed by atoms with Crippen LogP contribution < -0.4 is 4.90 Å². The van der Waals surface area contributed by atoms with Crippen LogP contribution in [0.3, 0.4) is 0 Å². The highest BCUT2D eigenvalue weighted by atomic mass is 16.6. The SMILES string of the molecule is CC(=O)c1cccc(-c2cc(N(C)C(=O)OC(C)(C)C)c3cn(-c4cccc(C)n4)nc3c2)n1. The molecule has 34 heavy (non-hydrogen) atoms. The molecular formula is C26H27N5O3. The lowest BCUT2D eigenvalue weighted by molar-refractivity contribution is 0.0589. The number of hydrogen-bond acceptors (Lipinski definition) is 6. The molecule has 8 heteroatoms. The van der Waals surface area contributed by atoms with Crippen LogP contribution in [-0.2, 0) is 4.74 Å². The van der Waals surface area contributed by atoms with Gasteiger partial charge in [0.1, 0.15) is 11.3 Å². The van der Waals surface area contributed by atoms with Crippen LogP contribution in [0, 0.1) is 6.92 Å². The van der Waals surface area contributed by atoms with E-state index in [1.807, 2.05) is 70.3 Å². The van der Waals surface area contributed by atoms with Crippen LogP contribution in [0.15, 0.2) is 54.7 Å². The summed E-state index contributed by atoms with van der Waals surface area (Å²) in [7, 11) is 1.66. The number of fused-ring (bicyclic) bond motifs is 1. The van der Waals surface area contributed by atoms with Crippen molar-refractivity contribution in [1.82, 2.24) is 19.7 Å². The molecule has 8 nitrogen and oxygen atoms in total. The molecule has 3 heterocycles. The van der Waals surface area contributed by atoms with E-state index >= 15 is 0 Å². The lowest BCUT2D eigenvalue weighted by Crippen LogP contribution is -2.34. The van der Waals surface area contributed by atoms with Gasteiger partial charge in [-0.2, -0.15) is 5.10 Å². The molecule has 0 saturated carbocycles. The van der Waals surface area contributed by atoms with Crippen molar-refractivity contribution in [2.75, 3.05) is 11.9 Å². The lowest BCUT2D eigenvalue weighted by Gasteiger charge is -2.25. The maximum absolute atomic E-state index is 12.9. The second kappa shape index (κ2) is 8.70. The number of benzene rings is 1. The minimum absolute atomic E-state index is 0.121. The number of carbonyl (C=O) groups is 2. The van der Waals surface area contributed by atoms with Gasteiger partial charge in [0.15, 0.2) is 11.6 Å². The van der Waals surface area contributed by atoms with Gasteiger partial charge in [-0.3, -0.25) is 9.69 Å². The van der Waals surface area contributed by atoms with E-state index in [-0.39, 0.29) is 5.78 Å². The number of carbonyl (C=O) groups excluding carboxylic acids is 2. The lowest BCUT2D eigenvalue weighted by atomic mass is 10.1. The summed E-state index contributed by atoms with van der Waals surface area (Å²) < 4.78 is 7.28. The van der Waals surface area contributed by atoms with Crippen molar-refractivity contribution in [3.8, 4) is 17.1 Å². The number of nitrogens with zero attached hydrogens (tertiary/aromatic N) is 5. The Balaban J connectivity index is 1.90. The van der Waals surface area contributed by atoms with Gasteiger partial charge in [-0.25, -0.2) is 19.4 Å². The Morgan fingerprint density at radius 1 is 1.03 bits per heavy atom. The maximum atomic E-state index is 12.9. The number of rotatable bonds is 4. The first-order valence-electron chi connectivity index (χ1n) is 10.9. The van der Waals surface area contributed by atoms with E-state index in [9.17, 15) is 9.59 Å². The topological polar surface area (TPSA) is 90.2 Å². The summed E-state index contributed by atoms with van der Waals surface area (Å²) in [4.78, 5) is 35.3. The Bertz CT molecular complexity index is 1400. The highest BCUT2D eigenvalue weighted by molar-refractivity contribution is 6.02. The van der Waals surface area contributed by atoms with Crippen molar-refractivity contribution < 1.29 is 14.3 Å². The predicted octanol–water partition coefficient (Wildman–Crippen LogP) is 5.36. The fourth-order valence-corrected chi connectivity index (χ4v) is 3.52. The highest BCUT2D eigenvalue weighted by Crippen LogP contribution is 2.33. The van der Waals surface area contributed by atoms with Gasteiger partial charge in [0.25, 0.3) is 0 Å². The van der Waals surface area contributed by atoms with Gasteiger partial charge in [0.05, 0.1) is 16.9 Å². The molecule has 0 bridgehead atoms. The van der Waals surface area contributed by atoms with Crippen LogP contribution in [0.2, 0.25) is 0 Å². The number of aromatic nitrogens is 4. The molecular weight excluding hydrogens is 430 g/mol. The second-order valence-corrected chi connectivity index (χ2v) is 9.14. The molecule has 174 valence electrons. The molecule has 4 rings (SSSR count). The summed E-state index contributed by atoms with van der Waals surface area (Å²) >= 11 is 0. The van der Waals surface area contributed by atoms with E-state index < -0.39 is 11.7 Å². The number of aryl methyl sites for hydroxylation is 1. The molecule has 0 saturated heterocycles. The zero-order valence-electron chi connectivity index (χ0n) is 20.2. The third kappa shape index (κ3) is 4.80. The van der Waals surface area contributed by atoms with E-state index in [4.69, 9.17) is 9.84 Å². The zero-order chi connectivity index (χ0) is 24.6. The van der Waals surface area contributed by atoms with Crippen LogP contribution in [0.5, 0.6) is 0 Å². The largest absolute Gasteiger partial charge is 0.443 e.